The van der Waals surface area contributed by atoms with E-state index in [1.807, 2.05) is 0 Å². The number of carbonyl (C=O) groups is 1. The summed E-state index contributed by atoms with van der Waals surface area (Å²) in [4.78, 5) is 10.8. The molecule has 3 N–H and O–H groups in total. The molecule has 0 unspecified atom stereocenters. The standard InChI is InChI=1S/C21H32O4/c1-3-4-9-14-19(23)15-10-7-5-6-8-11-16-20(24)21(25)17-12-13-18(2)22/h6,8,10-11,15-16,19-21,23-25H,3-4,9,12-14,17H2,1-2H3/b8-6+,15-10+,16-11+/t19-,20+,21-/m0/s1. The number of hydrogen-bond donors (Lipinski definition) is 3. The number of unbranched alkanes of at least 4 members (excludes halogenated alkanes) is 2. The van der Waals surface area contributed by atoms with Gasteiger partial charge in [-0.05, 0) is 44.4 Å². The van der Waals surface area contributed by atoms with Gasteiger partial charge in [0.1, 0.15) is 5.78 Å². The van der Waals surface area contributed by atoms with Crippen molar-refractivity contribution < 1.29 is 20.1 Å². The molecule has 0 rings (SSSR count). The lowest BCUT2D eigenvalue weighted by Gasteiger charge is -2.13. The molecule has 0 aromatic carbocycles. The Labute approximate surface area is 152 Å². The van der Waals surface area contributed by atoms with Crippen molar-refractivity contribution in [3.05, 3.63) is 36.5 Å². The van der Waals surface area contributed by atoms with Gasteiger partial charge in [-0.1, -0.05) is 56.3 Å². The largest absolute Gasteiger partial charge is 0.390 e. The number of Topliss-reactive ketones (excluding diaryl/α,β-unsaturated/α-hetero) is 1. The summed E-state index contributed by atoms with van der Waals surface area (Å²) >= 11 is 0. The Balaban J connectivity index is 4.02. The molecule has 4 nitrogen and oxygen atoms in total. The zero-order valence-corrected chi connectivity index (χ0v) is 15.4. The summed E-state index contributed by atoms with van der Waals surface area (Å²) in [7, 11) is 0. The molecule has 25 heavy (non-hydrogen) atoms. The van der Waals surface area contributed by atoms with Crippen LogP contribution in [0, 0.1) is 11.8 Å². The number of rotatable bonds is 12. The lowest BCUT2D eigenvalue weighted by molar-refractivity contribution is -0.117. The van der Waals surface area contributed by atoms with Crippen molar-refractivity contribution >= 4 is 5.78 Å². The van der Waals surface area contributed by atoms with Gasteiger partial charge in [-0.2, -0.15) is 0 Å². The molecule has 0 fully saturated rings. The van der Waals surface area contributed by atoms with E-state index < -0.39 is 18.3 Å². The van der Waals surface area contributed by atoms with Crippen LogP contribution in [0.25, 0.3) is 0 Å². The van der Waals surface area contributed by atoms with Crippen LogP contribution < -0.4 is 0 Å². The average Bonchev–Trinajstić information content (AvgIpc) is 2.56. The van der Waals surface area contributed by atoms with E-state index >= 15 is 0 Å². The first-order chi connectivity index (χ1) is 12.0. The van der Waals surface area contributed by atoms with Crippen molar-refractivity contribution in [2.75, 3.05) is 0 Å². The number of ketones is 1. The predicted octanol–water partition coefficient (Wildman–Crippen LogP) is 3.08. The first-order valence-corrected chi connectivity index (χ1v) is 9.02. The van der Waals surface area contributed by atoms with Gasteiger partial charge in [0.25, 0.3) is 0 Å². The lowest BCUT2D eigenvalue weighted by Crippen LogP contribution is -2.23. The molecule has 0 aromatic heterocycles. The fourth-order valence-electron chi connectivity index (χ4n) is 2.10. The van der Waals surface area contributed by atoms with Gasteiger partial charge in [-0.3, -0.25) is 0 Å². The maximum absolute atomic E-state index is 10.8. The number of aliphatic hydroxyl groups excluding tert-OH is 3. The van der Waals surface area contributed by atoms with E-state index in [0.717, 1.165) is 25.7 Å². The molecule has 0 aliphatic heterocycles. The number of carbonyl (C=O) groups excluding carboxylic acids is 1. The minimum atomic E-state index is -0.956. The Kier molecular flexibility index (Phi) is 14.8. The summed E-state index contributed by atoms with van der Waals surface area (Å²) in [5, 5.41) is 29.1. The van der Waals surface area contributed by atoms with Crippen LogP contribution in [0.1, 0.15) is 58.8 Å². The first-order valence-electron chi connectivity index (χ1n) is 9.02. The van der Waals surface area contributed by atoms with Crippen LogP contribution in [0.4, 0.5) is 0 Å². The predicted molar refractivity (Wildman–Crippen MR) is 102 cm³/mol. The highest BCUT2D eigenvalue weighted by Crippen LogP contribution is 2.07. The second-order valence-corrected chi connectivity index (χ2v) is 6.11. The second kappa shape index (κ2) is 15.8. The summed E-state index contributed by atoms with van der Waals surface area (Å²) < 4.78 is 0. The molecule has 0 amide bonds. The molecule has 140 valence electrons. The Hall–Kier alpha value is -1.67. The van der Waals surface area contributed by atoms with Gasteiger partial charge in [0.05, 0.1) is 18.3 Å². The van der Waals surface area contributed by atoms with Crippen LogP contribution in [0.15, 0.2) is 36.5 Å². The van der Waals surface area contributed by atoms with Crippen LogP contribution in [-0.2, 0) is 4.79 Å². The maximum Gasteiger partial charge on any atom is 0.129 e. The quantitative estimate of drug-likeness (QED) is 0.288. The van der Waals surface area contributed by atoms with Crippen molar-refractivity contribution in [1.29, 1.82) is 0 Å². The summed E-state index contributed by atoms with van der Waals surface area (Å²) in [5.41, 5.74) is 0. The van der Waals surface area contributed by atoms with Crippen molar-refractivity contribution in [3.63, 3.8) is 0 Å². The third-order valence-electron chi connectivity index (χ3n) is 3.61. The van der Waals surface area contributed by atoms with E-state index in [9.17, 15) is 20.1 Å². The monoisotopic (exact) mass is 348 g/mol. The van der Waals surface area contributed by atoms with E-state index in [-0.39, 0.29) is 5.78 Å². The Morgan fingerprint density at radius 1 is 0.960 bits per heavy atom. The van der Waals surface area contributed by atoms with Gasteiger partial charge >= 0.3 is 0 Å². The van der Waals surface area contributed by atoms with Crippen LogP contribution in [-0.4, -0.2) is 39.4 Å². The Morgan fingerprint density at radius 3 is 2.36 bits per heavy atom. The third-order valence-corrected chi connectivity index (χ3v) is 3.61. The minimum Gasteiger partial charge on any atom is -0.390 e. The molecule has 0 saturated heterocycles. The van der Waals surface area contributed by atoms with Gasteiger partial charge < -0.3 is 20.1 Å². The summed E-state index contributed by atoms with van der Waals surface area (Å²) in [5.74, 6) is 5.68. The van der Waals surface area contributed by atoms with Gasteiger partial charge in [-0.25, -0.2) is 0 Å². The average molecular weight is 348 g/mol. The van der Waals surface area contributed by atoms with Gasteiger partial charge in [0.2, 0.25) is 0 Å². The summed E-state index contributed by atoms with van der Waals surface area (Å²) in [6.07, 6.45) is 12.9. The molecule has 0 aliphatic carbocycles. The van der Waals surface area contributed by atoms with Crippen LogP contribution in [0.5, 0.6) is 0 Å². The SMILES string of the molecule is CCCCC[C@H](O)/C=C/C#C/C=C/C=C/[C@@H](O)[C@@H](O)CCCC(C)=O. The number of allylic oxidation sites excluding steroid dienone is 4. The van der Waals surface area contributed by atoms with Gasteiger partial charge in [-0.15, -0.1) is 0 Å². The normalized spacial score (nSPS) is 15.4. The molecule has 3 atom stereocenters. The van der Waals surface area contributed by atoms with Crippen molar-refractivity contribution in [3.8, 4) is 11.8 Å². The fraction of sp³-hybridized carbons (Fsp3) is 0.571. The van der Waals surface area contributed by atoms with E-state index in [1.165, 1.54) is 13.0 Å². The van der Waals surface area contributed by atoms with E-state index in [4.69, 9.17) is 0 Å². The van der Waals surface area contributed by atoms with Crippen molar-refractivity contribution in [1.82, 2.24) is 0 Å². The molecule has 0 aliphatic rings. The fourth-order valence-corrected chi connectivity index (χ4v) is 2.10. The van der Waals surface area contributed by atoms with Gasteiger partial charge in [0, 0.05) is 6.42 Å². The van der Waals surface area contributed by atoms with Gasteiger partial charge in [0.15, 0.2) is 0 Å². The highest BCUT2D eigenvalue weighted by atomic mass is 16.3. The Morgan fingerprint density at radius 2 is 1.68 bits per heavy atom. The molecule has 0 saturated carbocycles. The summed E-state index contributed by atoms with van der Waals surface area (Å²) in [6.45, 7) is 3.64. The van der Waals surface area contributed by atoms with Crippen LogP contribution in [0.2, 0.25) is 0 Å². The molecule has 0 heterocycles. The number of aliphatic hydroxyl groups is 3. The Bertz CT molecular complexity index is 494. The molecule has 4 heteroatoms. The highest BCUT2D eigenvalue weighted by Gasteiger charge is 2.12. The topological polar surface area (TPSA) is 77.8 Å². The molecule has 0 bridgehead atoms. The molecule has 0 radical (unpaired) electrons. The molecular formula is C21H32O4. The highest BCUT2D eigenvalue weighted by molar-refractivity contribution is 5.75. The molecule has 0 spiro atoms. The van der Waals surface area contributed by atoms with Crippen molar-refractivity contribution in [2.24, 2.45) is 0 Å². The zero-order valence-electron chi connectivity index (χ0n) is 15.4. The molecular weight excluding hydrogens is 316 g/mol. The van der Waals surface area contributed by atoms with Crippen LogP contribution >= 0.6 is 0 Å². The minimum absolute atomic E-state index is 0.0845. The maximum atomic E-state index is 10.8. The van der Waals surface area contributed by atoms with Crippen LogP contribution in [0.3, 0.4) is 0 Å². The smallest absolute Gasteiger partial charge is 0.129 e. The molecule has 0 aromatic rings. The zero-order chi connectivity index (χ0) is 18.9. The number of hydrogen-bond acceptors (Lipinski definition) is 4. The second-order valence-electron chi connectivity index (χ2n) is 6.11. The van der Waals surface area contributed by atoms with E-state index in [0.29, 0.717) is 19.3 Å². The van der Waals surface area contributed by atoms with E-state index in [1.54, 1.807) is 30.4 Å². The van der Waals surface area contributed by atoms with E-state index in [2.05, 4.69) is 18.8 Å². The third kappa shape index (κ3) is 15.6. The first kappa shape index (κ1) is 23.3. The van der Waals surface area contributed by atoms with Crippen molar-refractivity contribution in [2.45, 2.75) is 77.1 Å². The summed E-state index contributed by atoms with van der Waals surface area (Å²) in [6, 6.07) is 0. The lowest BCUT2D eigenvalue weighted by atomic mass is 10.1.